The van der Waals surface area contributed by atoms with Gasteiger partial charge < -0.3 is 4.90 Å². The quantitative estimate of drug-likeness (QED) is 0.453. The summed E-state index contributed by atoms with van der Waals surface area (Å²) in [4.78, 5) is 2.29. The van der Waals surface area contributed by atoms with Crippen molar-refractivity contribution in [2.45, 2.75) is 50.2 Å². The van der Waals surface area contributed by atoms with E-state index in [1.165, 1.54) is 12.8 Å². The highest BCUT2D eigenvalue weighted by molar-refractivity contribution is 14.1. The summed E-state index contributed by atoms with van der Waals surface area (Å²) >= 11 is 2.45. The lowest BCUT2D eigenvalue weighted by atomic mass is 10.1. The Labute approximate surface area is 101 Å². The standard InChI is InChI=1S/C10H20IN3/c1-5-6-7-14-9(11)13(8-12-14)10(2,3)4/h8-9H,5-7H2,1-4H3. The van der Waals surface area contributed by atoms with Crippen molar-refractivity contribution in [3.8, 4) is 0 Å². The molecule has 0 fully saturated rings. The number of hydrazone groups is 1. The SMILES string of the molecule is CCCCN1N=CN(C(C)(C)C)C1I. The molecule has 0 aromatic heterocycles. The Morgan fingerprint density at radius 2 is 2.07 bits per heavy atom. The fraction of sp³-hybridized carbons (Fsp3) is 0.900. The zero-order valence-corrected chi connectivity index (χ0v) is 11.7. The highest BCUT2D eigenvalue weighted by Crippen LogP contribution is 2.26. The van der Waals surface area contributed by atoms with Gasteiger partial charge in [-0.1, -0.05) is 13.3 Å². The van der Waals surface area contributed by atoms with Crippen molar-refractivity contribution < 1.29 is 0 Å². The molecule has 1 rings (SSSR count). The van der Waals surface area contributed by atoms with E-state index in [-0.39, 0.29) is 5.54 Å². The summed E-state index contributed by atoms with van der Waals surface area (Å²) in [6, 6.07) is 0. The summed E-state index contributed by atoms with van der Waals surface area (Å²) in [7, 11) is 0. The first-order chi connectivity index (χ1) is 6.46. The number of alkyl halides is 1. The van der Waals surface area contributed by atoms with Crippen molar-refractivity contribution in [3.05, 3.63) is 0 Å². The van der Waals surface area contributed by atoms with Crippen molar-refractivity contribution >= 4 is 28.9 Å². The fourth-order valence-electron chi connectivity index (χ4n) is 1.35. The van der Waals surface area contributed by atoms with Gasteiger partial charge in [0.25, 0.3) is 0 Å². The molecule has 0 radical (unpaired) electrons. The third-order valence-electron chi connectivity index (χ3n) is 2.32. The third-order valence-corrected chi connectivity index (χ3v) is 3.56. The van der Waals surface area contributed by atoms with Crippen LogP contribution in [0.2, 0.25) is 0 Å². The van der Waals surface area contributed by atoms with E-state index >= 15 is 0 Å². The number of unbranched alkanes of at least 4 members (excludes halogenated alkanes) is 1. The van der Waals surface area contributed by atoms with E-state index in [1.54, 1.807) is 0 Å². The molecule has 0 aliphatic carbocycles. The molecule has 14 heavy (non-hydrogen) atoms. The van der Waals surface area contributed by atoms with Crippen LogP contribution in [-0.2, 0) is 0 Å². The largest absolute Gasteiger partial charge is 0.326 e. The highest BCUT2D eigenvalue weighted by Gasteiger charge is 2.32. The van der Waals surface area contributed by atoms with Gasteiger partial charge >= 0.3 is 0 Å². The van der Waals surface area contributed by atoms with Crippen LogP contribution in [0.25, 0.3) is 0 Å². The maximum absolute atomic E-state index is 4.43. The Balaban J connectivity index is 2.52. The molecule has 0 aromatic carbocycles. The second kappa shape index (κ2) is 4.68. The molecule has 82 valence electrons. The molecule has 0 bridgehead atoms. The van der Waals surface area contributed by atoms with Gasteiger partial charge in [0.1, 0.15) is 6.34 Å². The summed E-state index contributed by atoms with van der Waals surface area (Å²) in [6.07, 6.45) is 4.41. The Morgan fingerprint density at radius 1 is 1.43 bits per heavy atom. The molecule has 1 atom stereocenters. The zero-order valence-electron chi connectivity index (χ0n) is 9.50. The Hall–Kier alpha value is 0. The van der Waals surface area contributed by atoms with Crippen molar-refractivity contribution in [1.82, 2.24) is 9.91 Å². The van der Waals surface area contributed by atoms with Crippen molar-refractivity contribution in [1.29, 1.82) is 0 Å². The van der Waals surface area contributed by atoms with Gasteiger partial charge in [-0.05, 0) is 49.8 Å². The first-order valence-electron chi connectivity index (χ1n) is 5.20. The molecule has 4 heteroatoms. The number of rotatable bonds is 3. The second-order valence-corrected chi connectivity index (χ2v) is 5.75. The van der Waals surface area contributed by atoms with E-state index in [0.29, 0.717) is 4.17 Å². The van der Waals surface area contributed by atoms with Crippen molar-refractivity contribution in [3.63, 3.8) is 0 Å². The molecule has 0 spiro atoms. The minimum Gasteiger partial charge on any atom is -0.326 e. The first kappa shape index (κ1) is 12.1. The van der Waals surface area contributed by atoms with Gasteiger partial charge in [-0.3, -0.25) is 5.01 Å². The summed E-state index contributed by atoms with van der Waals surface area (Å²) in [5.41, 5.74) is 0.163. The topological polar surface area (TPSA) is 18.8 Å². The van der Waals surface area contributed by atoms with E-state index in [1.807, 2.05) is 6.34 Å². The van der Waals surface area contributed by atoms with E-state index < -0.39 is 0 Å². The van der Waals surface area contributed by atoms with Crippen LogP contribution < -0.4 is 0 Å². The maximum Gasteiger partial charge on any atom is 0.171 e. The molecule has 3 nitrogen and oxygen atoms in total. The molecular formula is C10H20IN3. The van der Waals surface area contributed by atoms with Crippen LogP contribution in [0.15, 0.2) is 5.10 Å². The fourth-order valence-corrected chi connectivity index (χ4v) is 2.75. The number of halogens is 1. The van der Waals surface area contributed by atoms with Crippen LogP contribution in [0.3, 0.4) is 0 Å². The van der Waals surface area contributed by atoms with Crippen molar-refractivity contribution in [2.75, 3.05) is 6.54 Å². The molecule has 1 aliphatic heterocycles. The molecule has 1 heterocycles. The Morgan fingerprint density at radius 3 is 2.50 bits per heavy atom. The summed E-state index contributed by atoms with van der Waals surface area (Å²) in [6.45, 7) is 9.92. The predicted octanol–water partition coefficient (Wildman–Crippen LogP) is 2.86. The van der Waals surface area contributed by atoms with Gasteiger partial charge in [-0.15, -0.1) is 0 Å². The van der Waals surface area contributed by atoms with Crippen molar-refractivity contribution in [2.24, 2.45) is 5.10 Å². The molecule has 0 N–H and O–H groups in total. The highest BCUT2D eigenvalue weighted by atomic mass is 127. The number of hydrogen-bond donors (Lipinski definition) is 0. The summed E-state index contributed by atoms with van der Waals surface area (Å²) in [5, 5.41) is 6.59. The second-order valence-electron chi connectivity index (χ2n) is 4.64. The van der Waals surface area contributed by atoms with Crippen LogP contribution in [0.1, 0.15) is 40.5 Å². The zero-order chi connectivity index (χ0) is 10.8. The lowest BCUT2D eigenvalue weighted by Gasteiger charge is -2.36. The first-order valence-corrected chi connectivity index (χ1v) is 6.44. The van der Waals surface area contributed by atoms with Crippen LogP contribution in [0.5, 0.6) is 0 Å². The van der Waals surface area contributed by atoms with E-state index in [2.05, 4.69) is 65.3 Å². The van der Waals surface area contributed by atoms with Gasteiger partial charge in [-0.25, -0.2) is 0 Å². The number of nitrogens with zero attached hydrogens (tertiary/aromatic N) is 3. The van der Waals surface area contributed by atoms with Gasteiger partial charge in [0.15, 0.2) is 4.17 Å². The van der Waals surface area contributed by atoms with Gasteiger partial charge in [-0.2, -0.15) is 5.10 Å². The smallest absolute Gasteiger partial charge is 0.171 e. The van der Waals surface area contributed by atoms with Gasteiger partial charge in [0, 0.05) is 12.1 Å². The van der Waals surface area contributed by atoms with Crippen LogP contribution in [0.4, 0.5) is 0 Å². The lowest BCUT2D eigenvalue weighted by Crippen LogP contribution is -2.46. The van der Waals surface area contributed by atoms with E-state index in [0.717, 1.165) is 6.54 Å². The average Bonchev–Trinajstić information content (AvgIpc) is 2.42. The van der Waals surface area contributed by atoms with E-state index in [9.17, 15) is 0 Å². The maximum atomic E-state index is 4.43. The minimum absolute atomic E-state index is 0.163. The normalized spacial score (nSPS) is 22.2. The molecule has 0 aromatic rings. The van der Waals surface area contributed by atoms with E-state index in [4.69, 9.17) is 0 Å². The third kappa shape index (κ3) is 2.74. The molecule has 0 saturated carbocycles. The predicted molar refractivity (Wildman–Crippen MR) is 69.5 cm³/mol. The van der Waals surface area contributed by atoms with Crippen LogP contribution in [0, 0.1) is 0 Å². The molecule has 0 amide bonds. The van der Waals surface area contributed by atoms with Gasteiger partial charge in [0.05, 0.1) is 0 Å². The average molecular weight is 309 g/mol. The lowest BCUT2D eigenvalue weighted by molar-refractivity contribution is 0.149. The monoisotopic (exact) mass is 309 g/mol. The minimum atomic E-state index is 0.163. The summed E-state index contributed by atoms with van der Waals surface area (Å²) in [5.74, 6) is 0. The number of hydrogen-bond acceptors (Lipinski definition) is 3. The summed E-state index contributed by atoms with van der Waals surface area (Å²) < 4.78 is 0.374. The Kier molecular flexibility index (Phi) is 4.04. The molecule has 1 aliphatic rings. The van der Waals surface area contributed by atoms with Crippen LogP contribution >= 0.6 is 22.6 Å². The van der Waals surface area contributed by atoms with Crippen LogP contribution in [-0.4, -0.2) is 32.5 Å². The Bertz CT molecular complexity index is 210. The molecule has 1 unspecified atom stereocenters. The van der Waals surface area contributed by atoms with Gasteiger partial charge in [0.2, 0.25) is 0 Å². The molecular weight excluding hydrogens is 289 g/mol. The molecule has 0 saturated heterocycles.